The molecule has 0 unspecified atom stereocenters. The molecule has 1 saturated heterocycles. The number of halogens is 1. The molecule has 1 aromatic carbocycles. The number of ether oxygens (including phenoxy) is 1. The van der Waals surface area contributed by atoms with Crippen LogP contribution in [0.2, 0.25) is 0 Å². The molecule has 0 aromatic heterocycles. The van der Waals surface area contributed by atoms with Crippen molar-refractivity contribution in [1.29, 1.82) is 5.26 Å². The zero-order valence-electron chi connectivity index (χ0n) is 8.95. The second kappa shape index (κ2) is 5.06. The number of hydrogen-bond acceptors (Lipinski definition) is 3. The van der Waals surface area contributed by atoms with Gasteiger partial charge in [-0.15, -0.1) is 0 Å². The summed E-state index contributed by atoms with van der Waals surface area (Å²) in [5.74, 6) is -0.437. The molecular formula is C12H13FN2O. The molecular weight excluding hydrogens is 207 g/mol. The van der Waals surface area contributed by atoms with Gasteiger partial charge in [-0.25, -0.2) is 4.39 Å². The summed E-state index contributed by atoms with van der Waals surface area (Å²) in [6.07, 6.45) is 0. The fourth-order valence-corrected chi connectivity index (χ4v) is 1.77. The Labute approximate surface area is 94.0 Å². The summed E-state index contributed by atoms with van der Waals surface area (Å²) in [7, 11) is 0. The van der Waals surface area contributed by atoms with Gasteiger partial charge in [0.05, 0.1) is 18.8 Å². The van der Waals surface area contributed by atoms with Gasteiger partial charge in [-0.3, -0.25) is 4.90 Å². The number of rotatable bonds is 2. The fourth-order valence-electron chi connectivity index (χ4n) is 1.77. The molecule has 84 valence electrons. The van der Waals surface area contributed by atoms with Gasteiger partial charge in [0.2, 0.25) is 0 Å². The minimum absolute atomic E-state index is 0.103. The molecule has 0 N–H and O–H groups in total. The Kier molecular flexibility index (Phi) is 3.50. The van der Waals surface area contributed by atoms with Crippen molar-refractivity contribution < 1.29 is 9.13 Å². The van der Waals surface area contributed by atoms with E-state index in [1.165, 1.54) is 12.1 Å². The van der Waals surface area contributed by atoms with Crippen LogP contribution in [0.3, 0.4) is 0 Å². The van der Waals surface area contributed by atoms with Crippen LogP contribution in [0.4, 0.5) is 4.39 Å². The van der Waals surface area contributed by atoms with Crippen LogP contribution in [-0.2, 0) is 11.3 Å². The zero-order valence-corrected chi connectivity index (χ0v) is 8.95. The Morgan fingerprint density at radius 1 is 1.38 bits per heavy atom. The Morgan fingerprint density at radius 2 is 2.12 bits per heavy atom. The average molecular weight is 220 g/mol. The molecule has 3 nitrogen and oxygen atoms in total. The summed E-state index contributed by atoms with van der Waals surface area (Å²) >= 11 is 0. The zero-order chi connectivity index (χ0) is 11.4. The molecule has 1 aliphatic heterocycles. The third-order valence-electron chi connectivity index (χ3n) is 2.66. The predicted octanol–water partition coefficient (Wildman–Crippen LogP) is 1.53. The fraction of sp³-hybridized carbons (Fsp3) is 0.417. The van der Waals surface area contributed by atoms with Crippen molar-refractivity contribution >= 4 is 0 Å². The van der Waals surface area contributed by atoms with Gasteiger partial charge in [0.15, 0.2) is 0 Å². The van der Waals surface area contributed by atoms with Crippen LogP contribution in [-0.4, -0.2) is 31.2 Å². The van der Waals surface area contributed by atoms with Crippen LogP contribution >= 0.6 is 0 Å². The number of hydrogen-bond donors (Lipinski definition) is 0. The van der Waals surface area contributed by atoms with E-state index in [0.717, 1.165) is 31.9 Å². The van der Waals surface area contributed by atoms with E-state index in [1.807, 2.05) is 6.07 Å². The van der Waals surface area contributed by atoms with Gasteiger partial charge in [-0.1, -0.05) is 6.07 Å². The number of benzene rings is 1. The first-order chi connectivity index (χ1) is 7.79. The number of nitrogens with zero attached hydrogens (tertiary/aromatic N) is 2. The van der Waals surface area contributed by atoms with E-state index >= 15 is 0 Å². The lowest BCUT2D eigenvalue weighted by Crippen LogP contribution is -2.35. The van der Waals surface area contributed by atoms with Gasteiger partial charge in [-0.2, -0.15) is 5.26 Å². The maximum absolute atomic E-state index is 13.3. The minimum atomic E-state index is -0.437. The van der Waals surface area contributed by atoms with Crippen LogP contribution < -0.4 is 0 Å². The molecule has 0 saturated carbocycles. The van der Waals surface area contributed by atoms with Crippen molar-refractivity contribution in [3.8, 4) is 6.07 Å². The van der Waals surface area contributed by atoms with E-state index in [0.29, 0.717) is 6.54 Å². The predicted molar refractivity (Wildman–Crippen MR) is 57.2 cm³/mol. The first-order valence-corrected chi connectivity index (χ1v) is 5.28. The molecule has 0 radical (unpaired) electrons. The van der Waals surface area contributed by atoms with E-state index in [2.05, 4.69) is 4.90 Å². The molecule has 1 heterocycles. The summed E-state index contributed by atoms with van der Waals surface area (Å²) in [5, 5.41) is 8.61. The van der Waals surface area contributed by atoms with E-state index in [1.54, 1.807) is 6.07 Å². The lowest BCUT2D eigenvalue weighted by Gasteiger charge is -2.26. The van der Waals surface area contributed by atoms with E-state index in [-0.39, 0.29) is 5.56 Å². The second-order valence-corrected chi connectivity index (χ2v) is 3.81. The Morgan fingerprint density at radius 3 is 2.75 bits per heavy atom. The summed E-state index contributed by atoms with van der Waals surface area (Å²) < 4.78 is 18.6. The highest BCUT2D eigenvalue weighted by molar-refractivity contribution is 5.33. The van der Waals surface area contributed by atoms with Crippen LogP contribution in [0.5, 0.6) is 0 Å². The Hall–Kier alpha value is -1.44. The van der Waals surface area contributed by atoms with E-state index < -0.39 is 5.82 Å². The highest BCUT2D eigenvalue weighted by Gasteiger charge is 2.11. The van der Waals surface area contributed by atoms with Crippen LogP contribution in [0, 0.1) is 17.1 Å². The molecule has 2 rings (SSSR count). The maximum atomic E-state index is 13.3. The van der Waals surface area contributed by atoms with Gasteiger partial charge in [-0.05, 0) is 17.7 Å². The van der Waals surface area contributed by atoms with Crippen molar-refractivity contribution in [2.24, 2.45) is 0 Å². The molecule has 1 fully saturated rings. The summed E-state index contributed by atoms with van der Waals surface area (Å²) in [5.41, 5.74) is 1.00. The van der Waals surface area contributed by atoms with Crippen molar-refractivity contribution in [3.05, 3.63) is 35.1 Å². The molecule has 4 heteroatoms. The van der Waals surface area contributed by atoms with Gasteiger partial charge in [0, 0.05) is 19.6 Å². The molecule has 0 spiro atoms. The van der Waals surface area contributed by atoms with Gasteiger partial charge in [0.1, 0.15) is 11.9 Å². The standard InChI is InChI=1S/C12H13FN2O/c13-12-7-10(1-2-11(12)8-14)9-15-3-5-16-6-4-15/h1-2,7H,3-6,9H2. The SMILES string of the molecule is N#Cc1ccc(CN2CCOCC2)cc1F. The average Bonchev–Trinajstić information content (AvgIpc) is 2.31. The monoisotopic (exact) mass is 220 g/mol. The minimum Gasteiger partial charge on any atom is -0.379 e. The molecule has 16 heavy (non-hydrogen) atoms. The molecule has 0 atom stereocenters. The largest absolute Gasteiger partial charge is 0.379 e. The third kappa shape index (κ3) is 2.57. The topological polar surface area (TPSA) is 36.3 Å². The van der Waals surface area contributed by atoms with Crippen molar-refractivity contribution in [3.63, 3.8) is 0 Å². The normalized spacial score (nSPS) is 17.0. The van der Waals surface area contributed by atoms with Gasteiger partial charge >= 0.3 is 0 Å². The summed E-state index contributed by atoms with van der Waals surface area (Å²) in [4.78, 5) is 2.21. The smallest absolute Gasteiger partial charge is 0.141 e. The van der Waals surface area contributed by atoms with Crippen LogP contribution in [0.15, 0.2) is 18.2 Å². The van der Waals surface area contributed by atoms with Gasteiger partial charge in [0.25, 0.3) is 0 Å². The molecule has 0 bridgehead atoms. The van der Waals surface area contributed by atoms with Gasteiger partial charge < -0.3 is 4.74 Å². The maximum Gasteiger partial charge on any atom is 0.141 e. The highest BCUT2D eigenvalue weighted by Crippen LogP contribution is 2.12. The second-order valence-electron chi connectivity index (χ2n) is 3.81. The summed E-state index contributed by atoms with van der Waals surface area (Å²) in [6.45, 7) is 3.94. The van der Waals surface area contributed by atoms with E-state index in [9.17, 15) is 4.39 Å². The molecule has 1 aliphatic rings. The first-order valence-electron chi connectivity index (χ1n) is 5.28. The lowest BCUT2D eigenvalue weighted by molar-refractivity contribution is 0.0341. The van der Waals surface area contributed by atoms with Crippen molar-refractivity contribution in [2.75, 3.05) is 26.3 Å². The summed E-state index contributed by atoms with van der Waals surface area (Å²) in [6, 6.07) is 6.59. The Bertz CT molecular complexity index is 408. The first kappa shape index (κ1) is 11.1. The number of nitriles is 1. The molecule has 0 aliphatic carbocycles. The molecule has 0 amide bonds. The van der Waals surface area contributed by atoms with Crippen LogP contribution in [0.25, 0.3) is 0 Å². The number of morpholine rings is 1. The molecule has 1 aromatic rings. The van der Waals surface area contributed by atoms with Crippen LogP contribution in [0.1, 0.15) is 11.1 Å². The van der Waals surface area contributed by atoms with Crippen molar-refractivity contribution in [2.45, 2.75) is 6.54 Å². The lowest BCUT2D eigenvalue weighted by atomic mass is 10.1. The Balaban J connectivity index is 2.04. The van der Waals surface area contributed by atoms with Crippen molar-refractivity contribution in [1.82, 2.24) is 4.90 Å². The third-order valence-corrected chi connectivity index (χ3v) is 2.66. The quantitative estimate of drug-likeness (QED) is 0.758. The van der Waals surface area contributed by atoms with E-state index in [4.69, 9.17) is 10.00 Å². The highest BCUT2D eigenvalue weighted by atomic mass is 19.1.